The lowest BCUT2D eigenvalue weighted by Gasteiger charge is -2.35. The first kappa shape index (κ1) is 16.5. The molecule has 1 aliphatic heterocycles. The van der Waals surface area contributed by atoms with Crippen LogP contribution in [0.25, 0.3) is 0 Å². The van der Waals surface area contributed by atoms with E-state index in [1.165, 1.54) is 30.1 Å². The van der Waals surface area contributed by atoms with Crippen molar-refractivity contribution in [3.63, 3.8) is 0 Å². The summed E-state index contributed by atoms with van der Waals surface area (Å²) in [5.74, 6) is -0.990. The number of anilines is 1. The molecule has 0 saturated carbocycles. The predicted molar refractivity (Wildman–Crippen MR) is 79.2 cm³/mol. The summed E-state index contributed by atoms with van der Waals surface area (Å²) < 4.78 is 52.7. The number of aromatic nitrogens is 2. The maximum absolute atomic E-state index is 13.4. The summed E-state index contributed by atoms with van der Waals surface area (Å²) in [6.07, 6.45) is -3.41. The second-order valence-electron chi connectivity index (χ2n) is 5.87. The minimum Gasteiger partial charge on any atom is -0.304 e. The average molecular weight is 341 g/mol. The summed E-state index contributed by atoms with van der Waals surface area (Å²) >= 11 is 0. The molecule has 1 aromatic heterocycles. The Morgan fingerprint density at radius 2 is 2.00 bits per heavy atom. The average Bonchev–Trinajstić information content (AvgIpc) is 2.89. The number of aryl methyl sites for hydroxylation is 2. The highest BCUT2D eigenvalue weighted by Crippen LogP contribution is 2.34. The first-order chi connectivity index (χ1) is 11.2. The van der Waals surface area contributed by atoms with Gasteiger partial charge in [-0.1, -0.05) is 0 Å². The third-order valence-corrected chi connectivity index (χ3v) is 4.18. The van der Waals surface area contributed by atoms with Crippen LogP contribution in [0.4, 0.5) is 23.2 Å². The van der Waals surface area contributed by atoms with Crippen molar-refractivity contribution in [3.05, 3.63) is 47.0 Å². The van der Waals surface area contributed by atoms with E-state index in [1.54, 1.807) is 0 Å². The van der Waals surface area contributed by atoms with Gasteiger partial charge in [0.1, 0.15) is 11.5 Å². The molecule has 1 aromatic carbocycles. The molecule has 2 aromatic rings. The van der Waals surface area contributed by atoms with Crippen molar-refractivity contribution >= 4 is 11.6 Å². The monoisotopic (exact) mass is 341 g/mol. The van der Waals surface area contributed by atoms with Crippen molar-refractivity contribution in [1.82, 2.24) is 9.78 Å². The molecule has 24 heavy (non-hydrogen) atoms. The van der Waals surface area contributed by atoms with E-state index in [1.807, 2.05) is 6.92 Å². The van der Waals surface area contributed by atoms with Gasteiger partial charge >= 0.3 is 6.18 Å². The van der Waals surface area contributed by atoms with Gasteiger partial charge in [-0.3, -0.25) is 9.48 Å². The summed E-state index contributed by atoms with van der Waals surface area (Å²) in [6, 6.07) is 4.61. The van der Waals surface area contributed by atoms with E-state index in [4.69, 9.17) is 0 Å². The molecular formula is C16H15F4N3O. The van der Waals surface area contributed by atoms with Gasteiger partial charge in [0, 0.05) is 24.8 Å². The minimum absolute atomic E-state index is 0.161. The molecule has 1 aliphatic rings. The van der Waals surface area contributed by atoms with Gasteiger partial charge in [0.2, 0.25) is 0 Å². The molecular weight excluding hydrogens is 326 g/mol. The standard InChI is InChI=1S/C16H15F4N3O/c1-9-3-4-10-7-11(17)5-6-12(10)23(9)15(24)13-8-14(16(18,19)20)21-22(13)2/h5-9H,3-4H2,1-2H3/t9-/m0/s1. The molecule has 0 spiro atoms. The number of rotatable bonds is 1. The number of hydrogen-bond donors (Lipinski definition) is 0. The van der Waals surface area contributed by atoms with Gasteiger partial charge in [-0.25, -0.2) is 4.39 Å². The Labute approximate surface area is 135 Å². The van der Waals surface area contributed by atoms with E-state index in [2.05, 4.69) is 5.10 Å². The van der Waals surface area contributed by atoms with Crippen LogP contribution in [-0.4, -0.2) is 21.7 Å². The van der Waals surface area contributed by atoms with Crippen LogP contribution in [0.1, 0.15) is 35.1 Å². The van der Waals surface area contributed by atoms with Gasteiger partial charge in [-0.05, 0) is 43.5 Å². The van der Waals surface area contributed by atoms with Crippen LogP contribution >= 0.6 is 0 Å². The van der Waals surface area contributed by atoms with Crippen LogP contribution in [0.3, 0.4) is 0 Å². The zero-order chi connectivity index (χ0) is 17.6. The molecule has 4 nitrogen and oxygen atoms in total. The third-order valence-electron chi connectivity index (χ3n) is 4.18. The van der Waals surface area contributed by atoms with Crippen molar-refractivity contribution in [2.45, 2.75) is 32.0 Å². The molecule has 8 heteroatoms. The molecule has 0 bridgehead atoms. The number of halogens is 4. The maximum Gasteiger partial charge on any atom is 0.435 e. The SMILES string of the molecule is C[C@H]1CCc2cc(F)ccc2N1C(=O)c1cc(C(F)(F)F)nn1C. The van der Waals surface area contributed by atoms with Crippen LogP contribution < -0.4 is 4.90 Å². The van der Waals surface area contributed by atoms with Gasteiger partial charge < -0.3 is 4.90 Å². The molecule has 1 atom stereocenters. The first-order valence-corrected chi connectivity index (χ1v) is 7.41. The lowest BCUT2D eigenvalue weighted by Crippen LogP contribution is -2.42. The third kappa shape index (κ3) is 2.76. The van der Waals surface area contributed by atoms with Crippen LogP contribution in [0, 0.1) is 5.82 Å². The van der Waals surface area contributed by atoms with Gasteiger partial charge in [0.15, 0.2) is 5.69 Å². The lowest BCUT2D eigenvalue weighted by molar-refractivity contribution is -0.141. The second kappa shape index (κ2) is 5.61. The Morgan fingerprint density at radius 3 is 2.62 bits per heavy atom. The number of benzene rings is 1. The Bertz CT molecular complexity index is 797. The molecule has 2 heterocycles. The van der Waals surface area contributed by atoms with Crippen molar-refractivity contribution in [2.75, 3.05) is 4.90 Å². The number of hydrogen-bond acceptors (Lipinski definition) is 2. The smallest absolute Gasteiger partial charge is 0.304 e. The zero-order valence-corrected chi connectivity index (χ0v) is 13.1. The summed E-state index contributed by atoms with van der Waals surface area (Å²) in [4.78, 5) is 14.2. The Balaban J connectivity index is 2.03. The molecule has 128 valence electrons. The highest BCUT2D eigenvalue weighted by Gasteiger charge is 2.37. The highest BCUT2D eigenvalue weighted by atomic mass is 19.4. The molecule has 0 unspecified atom stereocenters. The number of nitrogens with zero attached hydrogens (tertiary/aromatic N) is 3. The predicted octanol–water partition coefficient (Wildman–Crippen LogP) is 3.56. The van der Waals surface area contributed by atoms with E-state index < -0.39 is 23.6 Å². The zero-order valence-electron chi connectivity index (χ0n) is 13.1. The van der Waals surface area contributed by atoms with Crippen LogP contribution in [0.5, 0.6) is 0 Å². The first-order valence-electron chi connectivity index (χ1n) is 7.41. The fourth-order valence-electron chi connectivity index (χ4n) is 2.96. The molecule has 0 N–H and O–H groups in total. The summed E-state index contributed by atoms with van der Waals surface area (Å²) in [5, 5.41) is 3.38. The summed E-state index contributed by atoms with van der Waals surface area (Å²) in [6.45, 7) is 1.81. The maximum atomic E-state index is 13.4. The Morgan fingerprint density at radius 1 is 1.29 bits per heavy atom. The van der Waals surface area contributed by atoms with Gasteiger partial charge in [-0.2, -0.15) is 18.3 Å². The molecule has 0 fully saturated rings. The number of carbonyl (C=O) groups excluding carboxylic acids is 1. The van der Waals surface area contributed by atoms with Crippen LogP contribution in [0.15, 0.2) is 24.3 Å². The van der Waals surface area contributed by atoms with Crippen LogP contribution in [-0.2, 0) is 19.6 Å². The quantitative estimate of drug-likeness (QED) is 0.744. The molecule has 0 aliphatic carbocycles. The molecule has 0 radical (unpaired) electrons. The summed E-state index contributed by atoms with van der Waals surface area (Å²) in [5.41, 5.74) is -0.0849. The minimum atomic E-state index is -4.62. The lowest BCUT2D eigenvalue weighted by atomic mass is 9.96. The van der Waals surface area contributed by atoms with E-state index in [0.29, 0.717) is 24.1 Å². The van der Waals surface area contributed by atoms with E-state index in [-0.39, 0.29) is 11.7 Å². The van der Waals surface area contributed by atoms with E-state index in [9.17, 15) is 22.4 Å². The van der Waals surface area contributed by atoms with E-state index in [0.717, 1.165) is 10.7 Å². The van der Waals surface area contributed by atoms with Gasteiger partial charge in [-0.15, -0.1) is 0 Å². The highest BCUT2D eigenvalue weighted by molar-refractivity contribution is 6.06. The molecule has 0 saturated heterocycles. The Hall–Kier alpha value is -2.38. The van der Waals surface area contributed by atoms with Crippen molar-refractivity contribution < 1.29 is 22.4 Å². The largest absolute Gasteiger partial charge is 0.435 e. The van der Waals surface area contributed by atoms with Crippen LogP contribution in [0.2, 0.25) is 0 Å². The second-order valence-corrected chi connectivity index (χ2v) is 5.87. The summed E-state index contributed by atoms with van der Waals surface area (Å²) in [7, 11) is 1.29. The number of fused-ring (bicyclic) bond motifs is 1. The van der Waals surface area contributed by atoms with Crippen molar-refractivity contribution in [2.24, 2.45) is 7.05 Å². The normalized spacial score (nSPS) is 17.8. The fourth-order valence-corrected chi connectivity index (χ4v) is 2.96. The van der Waals surface area contributed by atoms with Crippen molar-refractivity contribution in [3.8, 4) is 0 Å². The fraction of sp³-hybridized carbons (Fsp3) is 0.375. The molecule has 1 amide bonds. The number of alkyl halides is 3. The molecule has 3 rings (SSSR count). The van der Waals surface area contributed by atoms with E-state index >= 15 is 0 Å². The van der Waals surface area contributed by atoms with Gasteiger partial charge in [0.25, 0.3) is 5.91 Å². The number of amides is 1. The topological polar surface area (TPSA) is 38.1 Å². The number of carbonyl (C=O) groups is 1. The van der Waals surface area contributed by atoms with Gasteiger partial charge in [0.05, 0.1) is 0 Å². The Kier molecular flexibility index (Phi) is 3.85. The van der Waals surface area contributed by atoms with Crippen molar-refractivity contribution in [1.29, 1.82) is 0 Å².